The first kappa shape index (κ1) is 19.1. The quantitative estimate of drug-likeness (QED) is 0.312. The molecule has 1 aromatic rings. The Morgan fingerprint density at radius 3 is 2.57 bits per heavy atom. The molecule has 150 valence electrons. The summed E-state index contributed by atoms with van der Waals surface area (Å²) < 4.78 is 0. The van der Waals surface area contributed by atoms with Gasteiger partial charge in [-0.05, 0) is 32.1 Å². The van der Waals surface area contributed by atoms with E-state index in [1.54, 1.807) is 11.3 Å². The monoisotopic (exact) mass is 401 g/mol. The van der Waals surface area contributed by atoms with Crippen molar-refractivity contribution in [3.8, 4) is 0 Å². The maximum absolute atomic E-state index is 12.7. The molecule has 8 heteroatoms. The number of nitrogens with zero attached hydrogens (tertiary/aromatic N) is 3. The van der Waals surface area contributed by atoms with Gasteiger partial charge >= 0.3 is 0 Å². The van der Waals surface area contributed by atoms with Gasteiger partial charge in [-0.15, -0.1) is 11.3 Å². The van der Waals surface area contributed by atoms with Gasteiger partial charge in [0.25, 0.3) is 0 Å². The van der Waals surface area contributed by atoms with Gasteiger partial charge in [-0.25, -0.2) is 4.98 Å². The van der Waals surface area contributed by atoms with Crippen molar-refractivity contribution in [2.24, 2.45) is 28.7 Å². The maximum Gasteiger partial charge on any atom is 0.233 e. The number of allylic oxidation sites excluding steroid dienone is 2. The lowest BCUT2D eigenvalue weighted by Crippen LogP contribution is -2.43. The van der Waals surface area contributed by atoms with Crippen LogP contribution in [0.3, 0.4) is 0 Å². The zero-order valence-corrected chi connectivity index (χ0v) is 17.2. The normalized spacial score (nSPS) is 28.4. The summed E-state index contributed by atoms with van der Waals surface area (Å²) in [5, 5.41) is 9.58. The van der Waals surface area contributed by atoms with Crippen molar-refractivity contribution in [3.63, 3.8) is 0 Å². The van der Waals surface area contributed by atoms with Gasteiger partial charge in [0, 0.05) is 38.0 Å². The van der Waals surface area contributed by atoms with Gasteiger partial charge in [-0.2, -0.15) is 0 Å². The number of aromatic nitrogens is 1. The number of nitrogens with one attached hydrogen (secondary N) is 2. The predicted octanol–water partition coefficient (Wildman–Crippen LogP) is 1.36. The van der Waals surface area contributed by atoms with E-state index in [2.05, 4.69) is 38.1 Å². The lowest BCUT2D eigenvalue weighted by Gasteiger charge is -2.18. The van der Waals surface area contributed by atoms with Crippen LogP contribution in [-0.4, -0.2) is 53.8 Å². The van der Waals surface area contributed by atoms with Crippen LogP contribution >= 0.6 is 11.3 Å². The molecule has 1 saturated heterocycles. The van der Waals surface area contributed by atoms with Crippen molar-refractivity contribution in [2.75, 3.05) is 26.2 Å². The Kier molecular flexibility index (Phi) is 5.48. The van der Waals surface area contributed by atoms with Gasteiger partial charge in [-0.3, -0.25) is 19.5 Å². The summed E-state index contributed by atoms with van der Waals surface area (Å²) in [6.07, 6.45) is 6.01. The molecule has 2 fully saturated rings. The van der Waals surface area contributed by atoms with E-state index in [4.69, 9.17) is 0 Å². The van der Waals surface area contributed by atoms with Crippen LogP contribution < -0.4 is 10.6 Å². The van der Waals surface area contributed by atoms with Crippen LogP contribution in [0.15, 0.2) is 22.5 Å². The number of imide groups is 1. The summed E-state index contributed by atoms with van der Waals surface area (Å²) in [5.74, 6) is 1.01. The van der Waals surface area contributed by atoms with Crippen molar-refractivity contribution in [2.45, 2.75) is 26.7 Å². The first-order valence-electron chi connectivity index (χ1n) is 10.0. The molecular weight excluding hydrogens is 374 g/mol. The second-order valence-electron chi connectivity index (χ2n) is 7.62. The number of fused-ring (bicyclic) bond motifs is 5. The Balaban J connectivity index is 1.28. The molecule has 2 heterocycles. The number of hydrogen-bond acceptors (Lipinski definition) is 5. The molecule has 1 aliphatic heterocycles. The molecule has 0 aromatic carbocycles. The molecule has 1 saturated carbocycles. The largest absolute Gasteiger partial charge is 0.357 e. The number of rotatable bonds is 7. The third-order valence-electron chi connectivity index (χ3n) is 5.84. The number of thiazole rings is 1. The molecule has 2 N–H and O–H groups in total. The maximum atomic E-state index is 12.7. The summed E-state index contributed by atoms with van der Waals surface area (Å²) in [5.41, 5.74) is 1.06. The summed E-state index contributed by atoms with van der Waals surface area (Å²) >= 11 is 1.65. The van der Waals surface area contributed by atoms with Crippen LogP contribution in [0.4, 0.5) is 0 Å². The minimum Gasteiger partial charge on any atom is -0.357 e. The fourth-order valence-corrected chi connectivity index (χ4v) is 5.26. The molecule has 3 aliphatic rings. The predicted molar refractivity (Wildman–Crippen MR) is 109 cm³/mol. The molecule has 2 bridgehead atoms. The zero-order valence-electron chi connectivity index (χ0n) is 16.4. The fourth-order valence-electron chi connectivity index (χ4n) is 4.62. The number of amides is 2. The summed E-state index contributed by atoms with van der Waals surface area (Å²) in [6, 6.07) is 0. The average Bonchev–Trinajstić information content (AvgIpc) is 3.43. The van der Waals surface area contributed by atoms with Crippen molar-refractivity contribution < 1.29 is 9.59 Å². The molecule has 4 rings (SSSR count). The Labute approximate surface area is 169 Å². The van der Waals surface area contributed by atoms with Gasteiger partial charge in [-0.1, -0.05) is 12.2 Å². The van der Waals surface area contributed by atoms with Gasteiger partial charge in [0.2, 0.25) is 11.8 Å². The van der Waals surface area contributed by atoms with Crippen LogP contribution in [0.5, 0.6) is 0 Å². The van der Waals surface area contributed by atoms with Gasteiger partial charge in [0.05, 0.1) is 22.5 Å². The van der Waals surface area contributed by atoms with Gasteiger partial charge in [0.1, 0.15) is 0 Å². The highest BCUT2D eigenvalue weighted by molar-refractivity contribution is 7.09. The summed E-state index contributed by atoms with van der Waals surface area (Å²) in [6.45, 7) is 6.29. The third kappa shape index (κ3) is 3.57. The minimum absolute atomic E-state index is 0.00879. The number of carbonyl (C=O) groups is 2. The van der Waals surface area contributed by atoms with E-state index < -0.39 is 0 Å². The lowest BCUT2D eigenvalue weighted by atomic mass is 9.85. The highest BCUT2D eigenvalue weighted by Gasteiger charge is 2.58. The van der Waals surface area contributed by atoms with Crippen LogP contribution in [0.2, 0.25) is 0 Å². The van der Waals surface area contributed by atoms with Crippen molar-refractivity contribution in [3.05, 3.63) is 28.2 Å². The molecule has 7 nitrogen and oxygen atoms in total. The molecule has 0 radical (unpaired) electrons. The van der Waals surface area contributed by atoms with Gasteiger partial charge < -0.3 is 10.6 Å². The van der Waals surface area contributed by atoms with E-state index in [0.717, 1.165) is 30.1 Å². The summed E-state index contributed by atoms with van der Waals surface area (Å²) in [7, 11) is 0. The van der Waals surface area contributed by atoms with E-state index in [0.29, 0.717) is 25.6 Å². The van der Waals surface area contributed by atoms with Crippen LogP contribution in [0.25, 0.3) is 0 Å². The number of aryl methyl sites for hydroxylation is 1. The average molecular weight is 402 g/mol. The Bertz CT molecular complexity index is 787. The molecule has 4 atom stereocenters. The smallest absolute Gasteiger partial charge is 0.233 e. The SMILES string of the molecule is CCNC(=NCCc1csc(C)n1)NCCN1C(=O)C2C3C=CC(C3)C2C1=O. The van der Waals surface area contributed by atoms with Crippen molar-refractivity contribution in [1.29, 1.82) is 0 Å². The fraction of sp³-hybridized carbons (Fsp3) is 0.600. The number of aliphatic imine (C=N–C) groups is 1. The van der Waals surface area contributed by atoms with E-state index in [1.165, 1.54) is 4.90 Å². The van der Waals surface area contributed by atoms with Crippen LogP contribution in [0, 0.1) is 30.6 Å². The van der Waals surface area contributed by atoms with Gasteiger partial charge in [0.15, 0.2) is 5.96 Å². The van der Waals surface area contributed by atoms with Crippen LogP contribution in [-0.2, 0) is 16.0 Å². The van der Waals surface area contributed by atoms with Crippen LogP contribution in [0.1, 0.15) is 24.0 Å². The molecule has 1 aromatic heterocycles. The number of hydrogen-bond donors (Lipinski definition) is 2. The molecular formula is C20H27N5O2S. The molecule has 2 aliphatic carbocycles. The molecule has 4 unspecified atom stereocenters. The molecule has 2 amide bonds. The highest BCUT2D eigenvalue weighted by atomic mass is 32.1. The summed E-state index contributed by atoms with van der Waals surface area (Å²) in [4.78, 5) is 35.9. The number of guanidine groups is 1. The first-order valence-corrected chi connectivity index (χ1v) is 10.9. The topological polar surface area (TPSA) is 86.7 Å². The van der Waals surface area contributed by atoms with E-state index in [-0.39, 0.29) is 35.5 Å². The van der Waals surface area contributed by atoms with Crippen molar-refractivity contribution in [1.82, 2.24) is 20.5 Å². The third-order valence-corrected chi connectivity index (χ3v) is 6.66. The second kappa shape index (κ2) is 8.03. The Hall–Kier alpha value is -2.22. The zero-order chi connectivity index (χ0) is 19.7. The van der Waals surface area contributed by atoms with E-state index in [9.17, 15) is 9.59 Å². The highest BCUT2D eigenvalue weighted by Crippen LogP contribution is 2.52. The van der Waals surface area contributed by atoms with E-state index >= 15 is 0 Å². The molecule has 28 heavy (non-hydrogen) atoms. The number of carbonyl (C=O) groups excluding carboxylic acids is 2. The van der Waals surface area contributed by atoms with E-state index in [1.807, 2.05) is 13.8 Å². The molecule has 0 spiro atoms. The Morgan fingerprint density at radius 2 is 1.96 bits per heavy atom. The Morgan fingerprint density at radius 1 is 1.25 bits per heavy atom. The lowest BCUT2D eigenvalue weighted by molar-refractivity contribution is -0.140. The second-order valence-corrected chi connectivity index (χ2v) is 8.69. The first-order chi connectivity index (χ1) is 13.6. The minimum atomic E-state index is -0.119. The van der Waals surface area contributed by atoms with Crippen molar-refractivity contribution >= 4 is 29.1 Å². The standard InChI is InChI=1S/C20H27N5O2S/c1-3-21-20(22-7-6-15-11-28-12(2)24-15)23-8-9-25-18(26)16-13-4-5-14(10-13)17(16)19(25)27/h4-5,11,13-14,16-17H,3,6-10H2,1-2H3,(H2,21,22,23). The number of likely N-dealkylation sites (tertiary alicyclic amines) is 1.